The molecule has 3 aliphatic rings. The van der Waals surface area contributed by atoms with Crippen LogP contribution in [-0.2, 0) is 14.2 Å². The van der Waals surface area contributed by atoms with Gasteiger partial charge in [0.15, 0.2) is 17.2 Å². The molecular formula is C20H37BrN4O3Si. The van der Waals surface area contributed by atoms with E-state index in [0.717, 1.165) is 63.8 Å². The van der Waals surface area contributed by atoms with Gasteiger partial charge in [0.25, 0.3) is 0 Å². The summed E-state index contributed by atoms with van der Waals surface area (Å²) in [6, 6.07) is 1.18. The van der Waals surface area contributed by atoms with Crippen molar-refractivity contribution in [3.8, 4) is 0 Å². The number of rotatable bonds is 10. The minimum atomic E-state index is -1.07. The van der Waals surface area contributed by atoms with E-state index in [1.54, 1.807) is 0 Å². The predicted molar refractivity (Wildman–Crippen MR) is 123 cm³/mol. The fourth-order valence-electron chi connectivity index (χ4n) is 3.59. The summed E-state index contributed by atoms with van der Waals surface area (Å²) in [6.45, 7) is 11.9. The number of fused-ring (bicyclic) bond motifs is 1. The molecule has 0 aliphatic carbocycles. The largest absolute Gasteiger partial charge is 0.361 e. The lowest BCUT2D eigenvalue weighted by molar-refractivity contribution is -0.163. The maximum absolute atomic E-state index is 5.99. The zero-order valence-electron chi connectivity index (χ0n) is 18.4. The number of amidine groups is 1. The van der Waals surface area contributed by atoms with Crippen molar-refractivity contribution in [1.82, 2.24) is 14.7 Å². The molecule has 0 bridgehead atoms. The number of aliphatic imine (C=N–C) groups is 1. The van der Waals surface area contributed by atoms with Gasteiger partial charge in [-0.05, 0) is 47.7 Å². The van der Waals surface area contributed by atoms with Crippen LogP contribution in [0.25, 0.3) is 0 Å². The number of alkyl halides is 1. The summed E-state index contributed by atoms with van der Waals surface area (Å²) in [5.74, 6) is 1.03. The van der Waals surface area contributed by atoms with Crippen molar-refractivity contribution in [1.29, 1.82) is 0 Å². The Balaban J connectivity index is 1.47. The van der Waals surface area contributed by atoms with Crippen molar-refractivity contribution in [2.75, 3.05) is 46.8 Å². The first-order valence-corrected chi connectivity index (χ1v) is 15.4. The highest BCUT2D eigenvalue weighted by atomic mass is 79.9. The van der Waals surface area contributed by atoms with E-state index in [9.17, 15) is 0 Å². The topological polar surface area (TPSA) is 49.8 Å². The van der Waals surface area contributed by atoms with Gasteiger partial charge in [0, 0.05) is 41.1 Å². The van der Waals surface area contributed by atoms with E-state index < -0.39 is 8.07 Å². The molecule has 29 heavy (non-hydrogen) atoms. The molecule has 7 nitrogen and oxygen atoms in total. The molecular weight excluding hydrogens is 452 g/mol. The van der Waals surface area contributed by atoms with Gasteiger partial charge in [-0.25, -0.2) is 4.99 Å². The fourth-order valence-corrected chi connectivity index (χ4v) is 4.88. The van der Waals surface area contributed by atoms with E-state index in [1.807, 2.05) is 0 Å². The minimum absolute atomic E-state index is 0.00217. The summed E-state index contributed by atoms with van der Waals surface area (Å²) in [5.41, 5.74) is 1.13. The van der Waals surface area contributed by atoms with E-state index in [1.165, 1.54) is 12.5 Å². The van der Waals surface area contributed by atoms with Crippen LogP contribution in [0.5, 0.6) is 0 Å². The Kier molecular flexibility index (Phi) is 8.44. The SMILES string of the molecule is CN1CN(CCCOC2CCCCO2)C=C2C1=NC(Br)N2COCC[Si](C)(C)C. The molecule has 0 aromatic carbocycles. The van der Waals surface area contributed by atoms with Crippen molar-refractivity contribution in [3.63, 3.8) is 0 Å². The highest BCUT2D eigenvalue weighted by Gasteiger charge is 2.34. The monoisotopic (exact) mass is 488 g/mol. The molecule has 9 heteroatoms. The molecule has 2 unspecified atom stereocenters. The van der Waals surface area contributed by atoms with Crippen LogP contribution in [0, 0.1) is 0 Å². The first-order valence-electron chi connectivity index (χ1n) is 10.8. The van der Waals surface area contributed by atoms with Gasteiger partial charge in [0.05, 0.1) is 13.3 Å². The number of likely N-dealkylation sites (N-methyl/N-ethyl adjacent to an activating group) is 1. The summed E-state index contributed by atoms with van der Waals surface area (Å²) in [7, 11) is 1.02. The Morgan fingerprint density at radius 2 is 2.10 bits per heavy atom. The van der Waals surface area contributed by atoms with Crippen LogP contribution in [0.2, 0.25) is 25.7 Å². The van der Waals surface area contributed by atoms with Gasteiger partial charge < -0.3 is 28.9 Å². The molecule has 3 aliphatic heterocycles. The Hall–Kier alpha value is -0.613. The second kappa shape index (κ2) is 10.6. The van der Waals surface area contributed by atoms with E-state index in [-0.39, 0.29) is 11.4 Å². The van der Waals surface area contributed by atoms with E-state index in [0.29, 0.717) is 6.73 Å². The fraction of sp³-hybridized carbons (Fsp3) is 0.850. The molecule has 3 rings (SSSR count). The quantitative estimate of drug-likeness (QED) is 0.202. The smallest absolute Gasteiger partial charge is 0.182 e. The van der Waals surface area contributed by atoms with Crippen LogP contribution in [0.15, 0.2) is 16.9 Å². The van der Waals surface area contributed by atoms with Crippen molar-refractivity contribution in [2.24, 2.45) is 4.99 Å². The lowest BCUT2D eigenvalue weighted by Gasteiger charge is -2.36. The van der Waals surface area contributed by atoms with E-state index >= 15 is 0 Å². The molecule has 166 valence electrons. The normalized spacial score (nSPS) is 25.2. The Morgan fingerprint density at radius 1 is 1.28 bits per heavy atom. The molecule has 1 saturated heterocycles. The van der Waals surface area contributed by atoms with Gasteiger partial charge in [0.2, 0.25) is 0 Å². The maximum Gasteiger partial charge on any atom is 0.182 e. The van der Waals surface area contributed by atoms with Crippen LogP contribution >= 0.6 is 15.9 Å². The second-order valence-electron chi connectivity index (χ2n) is 9.27. The molecule has 1 fully saturated rings. The average molecular weight is 490 g/mol. The molecule has 0 saturated carbocycles. The van der Waals surface area contributed by atoms with Gasteiger partial charge in [-0.2, -0.15) is 0 Å². The summed E-state index contributed by atoms with van der Waals surface area (Å²) in [6.07, 6.45) is 6.59. The van der Waals surface area contributed by atoms with E-state index in [2.05, 4.69) is 63.5 Å². The van der Waals surface area contributed by atoms with Crippen molar-refractivity contribution in [2.45, 2.75) is 62.7 Å². The van der Waals surface area contributed by atoms with Crippen LogP contribution < -0.4 is 0 Å². The average Bonchev–Trinajstić information content (AvgIpc) is 2.99. The summed E-state index contributed by atoms with van der Waals surface area (Å²) in [4.78, 5) is 11.5. The van der Waals surface area contributed by atoms with Crippen LogP contribution in [0.4, 0.5) is 0 Å². The summed E-state index contributed by atoms with van der Waals surface area (Å²) < 4.78 is 17.5. The Bertz CT molecular complexity index is 593. The maximum atomic E-state index is 5.99. The molecule has 3 heterocycles. The van der Waals surface area contributed by atoms with Crippen LogP contribution in [-0.4, -0.2) is 86.8 Å². The zero-order chi connectivity index (χ0) is 20.9. The molecule has 0 amide bonds. The first-order chi connectivity index (χ1) is 13.8. The van der Waals surface area contributed by atoms with Gasteiger partial charge in [-0.15, -0.1) is 0 Å². The predicted octanol–water partition coefficient (Wildman–Crippen LogP) is 3.67. The Morgan fingerprint density at radius 3 is 2.83 bits per heavy atom. The third-order valence-corrected chi connectivity index (χ3v) is 7.75. The molecule has 0 radical (unpaired) electrons. The van der Waals surface area contributed by atoms with Crippen molar-refractivity contribution < 1.29 is 14.2 Å². The van der Waals surface area contributed by atoms with Gasteiger partial charge in [-0.1, -0.05) is 19.6 Å². The van der Waals surface area contributed by atoms with E-state index in [4.69, 9.17) is 19.2 Å². The summed E-state index contributed by atoms with van der Waals surface area (Å²) in [5, 5.41) is -0.0650. The molecule has 0 aromatic rings. The van der Waals surface area contributed by atoms with Crippen LogP contribution in [0.1, 0.15) is 25.7 Å². The number of hydrogen-bond donors (Lipinski definition) is 0. The lowest BCUT2D eigenvalue weighted by Crippen LogP contribution is -2.44. The lowest BCUT2D eigenvalue weighted by atomic mass is 10.2. The summed E-state index contributed by atoms with van der Waals surface area (Å²) >= 11 is 3.69. The minimum Gasteiger partial charge on any atom is -0.361 e. The second-order valence-corrected chi connectivity index (χ2v) is 15.7. The number of hydrogen-bond acceptors (Lipinski definition) is 7. The van der Waals surface area contributed by atoms with Crippen molar-refractivity contribution in [3.05, 3.63) is 11.9 Å². The zero-order valence-corrected chi connectivity index (χ0v) is 21.0. The Labute approximate surface area is 185 Å². The third kappa shape index (κ3) is 6.95. The first kappa shape index (κ1) is 23.1. The van der Waals surface area contributed by atoms with Crippen molar-refractivity contribution >= 4 is 29.8 Å². The number of nitrogens with zero attached hydrogens (tertiary/aromatic N) is 4. The molecule has 0 aromatic heterocycles. The third-order valence-electron chi connectivity index (χ3n) is 5.34. The molecule has 0 spiro atoms. The van der Waals surface area contributed by atoms with Gasteiger partial charge in [-0.3, -0.25) is 0 Å². The standard InChI is InChI=1S/C20H37BrN4O3Si/c1-23-15-24(9-7-11-28-18-8-5-6-10-27-18)14-17-19(23)22-20(21)25(17)16-26-12-13-29(2,3)4/h14,18,20H,5-13,15-16H2,1-4H3. The molecule has 2 atom stereocenters. The van der Waals surface area contributed by atoms with Gasteiger partial charge in [0.1, 0.15) is 12.4 Å². The number of ether oxygens (including phenoxy) is 3. The van der Waals surface area contributed by atoms with Crippen LogP contribution in [0.3, 0.4) is 0 Å². The highest BCUT2D eigenvalue weighted by Crippen LogP contribution is 2.29. The molecule has 0 N–H and O–H groups in total. The highest BCUT2D eigenvalue weighted by molar-refractivity contribution is 9.09. The van der Waals surface area contributed by atoms with Gasteiger partial charge >= 0.3 is 0 Å². The number of halogens is 1.